The van der Waals surface area contributed by atoms with E-state index in [9.17, 15) is 9.59 Å². The Bertz CT molecular complexity index is 170. The smallest absolute Gasteiger partial charge is 0.286 e. The molecule has 1 aliphatic rings. The van der Waals surface area contributed by atoms with E-state index in [1.54, 1.807) is 0 Å². The summed E-state index contributed by atoms with van der Waals surface area (Å²) in [4.78, 5) is 21.3. The molecule has 2 amide bonds. The molecule has 1 saturated heterocycles. The zero-order valence-corrected chi connectivity index (χ0v) is 6.23. The van der Waals surface area contributed by atoms with E-state index in [0.29, 0.717) is 6.61 Å². The van der Waals surface area contributed by atoms with Gasteiger partial charge in [0, 0.05) is 7.11 Å². The fraction of sp³-hybridized carbons (Fsp3) is 0.600. The second-order valence-electron chi connectivity index (χ2n) is 1.84. The molecule has 1 heterocycles. The van der Waals surface area contributed by atoms with Crippen LogP contribution in [0.3, 0.4) is 0 Å². The quantitative estimate of drug-likeness (QED) is 0.618. The third-order valence-electron chi connectivity index (χ3n) is 1.09. The standard InChI is InChI=1S/C5H7NO3S/c1-9-2-3-4(7)6-5(8)10-3/h3H,2H2,1H3,(H,6,7,8). The minimum Gasteiger partial charge on any atom is -0.383 e. The van der Waals surface area contributed by atoms with Crippen molar-refractivity contribution in [3.8, 4) is 0 Å². The van der Waals surface area contributed by atoms with Gasteiger partial charge in [-0.3, -0.25) is 14.9 Å². The molecular weight excluding hydrogens is 154 g/mol. The molecule has 0 aromatic heterocycles. The first kappa shape index (κ1) is 7.56. The van der Waals surface area contributed by atoms with Crippen molar-refractivity contribution >= 4 is 22.9 Å². The molecule has 1 aliphatic heterocycles. The Hall–Kier alpha value is -0.550. The predicted molar refractivity (Wildman–Crippen MR) is 36.8 cm³/mol. The number of carbonyl (C=O) groups is 2. The van der Waals surface area contributed by atoms with Crippen LogP contribution in [-0.4, -0.2) is 30.1 Å². The summed E-state index contributed by atoms with van der Waals surface area (Å²) in [6.07, 6.45) is 0. The van der Waals surface area contributed by atoms with Crippen LogP contribution in [0.15, 0.2) is 0 Å². The highest BCUT2D eigenvalue weighted by molar-refractivity contribution is 8.15. The lowest BCUT2D eigenvalue weighted by molar-refractivity contribution is -0.119. The Balaban J connectivity index is 2.46. The lowest BCUT2D eigenvalue weighted by Gasteiger charge is -1.99. The molecular formula is C5H7NO3S. The van der Waals surface area contributed by atoms with Crippen LogP contribution >= 0.6 is 11.8 Å². The first-order chi connectivity index (χ1) is 4.74. The number of carbonyl (C=O) groups excluding carboxylic acids is 2. The van der Waals surface area contributed by atoms with Gasteiger partial charge in [-0.15, -0.1) is 0 Å². The first-order valence-electron chi connectivity index (χ1n) is 2.74. The molecule has 10 heavy (non-hydrogen) atoms. The topological polar surface area (TPSA) is 55.4 Å². The summed E-state index contributed by atoms with van der Waals surface area (Å²) in [7, 11) is 1.50. The maximum Gasteiger partial charge on any atom is 0.286 e. The highest BCUT2D eigenvalue weighted by Crippen LogP contribution is 2.18. The summed E-state index contributed by atoms with van der Waals surface area (Å²) < 4.78 is 4.71. The Morgan fingerprint density at radius 2 is 2.40 bits per heavy atom. The maximum absolute atomic E-state index is 10.7. The van der Waals surface area contributed by atoms with Gasteiger partial charge >= 0.3 is 0 Å². The Labute approximate surface area is 62.3 Å². The van der Waals surface area contributed by atoms with Crippen molar-refractivity contribution in [1.82, 2.24) is 5.32 Å². The molecule has 0 aliphatic carbocycles. The summed E-state index contributed by atoms with van der Waals surface area (Å²) in [5.74, 6) is -0.253. The summed E-state index contributed by atoms with van der Waals surface area (Å²) in [5, 5.41) is 1.52. The van der Waals surface area contributed by atoms with Crippen molar-refractivity contribution in [3.63, 3.8) is 0 Å². The van der Waals surface area contributed by atoms with Crippen LogP contribution in [-0.2, 0) is 9.53 Å². The Kier molecular flexibility index (Phi) is 2.29. The number of hydrogen-bond acceptors (Lipinski definition) is 4. The molecule has 4 nitrogen and oxygen atoms in total. The van der Waals surface area contributed by atoms with Crippen LogP contribution in [0.25, 0.3) is 0 Å². The van der Waals surface area contributed by atoms with Gasteiger partial charge < -0.3 is 4.74 Å². The van der Waals surface area contributed by atoms with Crippen molar-refractivity contribution in [2.75, 3.05) is 13.7 Å². The van der Waals surface area contributed by atoms with Crippen molar-refractivity contribution in [3.05, 3.63) is 0 Å². The van der Waals surface area contributed by atoms with Crippen molar-refractivity contribution < 1.29 is 14.3 Å². The molecule has 0 aromatic rings. The van der Waals surface area contributed by atoms with Gasteiger partial charge in [-0.25, -0.2) is 0 Å². The van der Waals surface area contributed by atoms with Crippen LogP contribution in [0.2, 0.25) is 0 Å². The minimum atomic E-state index is -0.350. The highest BCUT2D eigenvalue weighted by Gasteiger charge is 2.30. The molecule has 1 rings (SSSR count). The van der Waals surface area contributed by atoms with Gasteiger partial charge in [-0.1, -0.05) is 0 Å². The molecule has 0 radical (unpaired) electrons. The van der Waals surface area contributed by atoms with Gasteiger partial charge in [-0.05, 0) is 11.8 Å². The average molecular weight is 161 g/mol. The molecule has 1 atom stereocenters. The number of nitrogens with one attached hydrogen (secondary N) is 1. The summed E-state index contributed by atoms with van der Waals surface area (Å²) in [5.41, 5.74) is 0. The fourth-order valence-electron chi connectivity index (χ4n) is 0.654. The van der Waals surface area contributed by atoms with Gasteiger partial charge in [0.25, 0.3) is 5.24 Å². The van der Waals surface area contributed by atoms with Gasteiger partial charge in [-0.2, -0.15) is 0 Å². The van der Waals surface area contributed by atoms with Crippen LogP contribution in [0.4, 0.5) is 4.79 Å². The number of ether oxygens (including phenoxy) is 1. The monoisotopic (exact) mass is 161 g/mol. The molecule has 0 saturated carbocycles. The zero-order valence-electron chi connectivity index (χ0n) is 5.42. The number of amides is 2. The van der Waals surface area contributed by atoms with Gasteiger partial charge in [0.05, 0.1) is 6.61 Å². The Morgan fingerprint density at radius 1 is 1.70 bits per heavy atom. The van der Waals surface area contributed by atoms with Crippen molar-refractivity contribution in [2.24, 2.45) is 0 Å². The number of rotatable bonds is 2. The third-order valence-corrected chi connectivity index (χ3v) is 2.04. The van der Waals surface area contributed by atoms with Crippen LogP contribution < -0.4 is 5.32 Å². The number of hydrogen-bond donors (Lipinski definition) is 1. The largest absolute Gasteiger partial charge is 0.383 e. The minimum absolute atomic E-state index is 0.253. The molecule has 5 heteroatoms. The molecule has 56 valence electrons. The molecule has 0 aromatic carbocycles. The number of thioether (sulfide) groups is 1. The highest BCUT2D eigenvalue weighted by atomic mass is 32.2. The number of imide groups is 1. The lowest BCUT2D eigenvalue weighted by Crippen LogP contribution is -2.26. The van der Waals surface area contributed by atoms with E-state index in [-0.39, 0.29) is 16.4 Å². The van der Waals surface area contributed by atoms with Crippen LogP contribution in [0.1, 0.15) is 0 Å². The van der Waals surface area contributed by atoms with Gasteiger partial charge in [0.2, 0.25) is 5.91 Å². The summed E-state index contributed by atoms with van der Waals surface area (Å²) in [6.45, 7) is 0.294. The van der Waals surface area contributed by atoms with E-state index in [0.717, 1.165) is 11.8 Å². The van der Waals surface area contributed by atoms with Crippen molar-refractivity contribution in [2.45, 2.75) is 5.25 Å². The normalized spacial score (nSPS) is 25.1. The maximum atomic E-state index is 10.7. The van der Waals surface area contributed by atoms with E-state index >= 15 is 0 Å². The van der Waals surface area contributed by atoms with E-state index in [4.69, 9.17) is 4.74 Å². The van der Waals surface area contributed by atoms with E-state index < -0.39 is 0 Å². The predicted octanol–water partition coefficient (Wildman–Crippen LogP) is -0.0156. The first-order valence-corrected chi connectivity index (χ1v) is 3.62. The van der Waals surface area contributed by atoms with E-state index in [1.807, 2.05) is 0 Å². The zero-order chi connectivity index (χ0) is 7.56. The van der Waals surface area contributed by atoms with Gasteiger partial charge in [0.15, 0.2) is 0 Å². The fourth-order valence-corrected chi connectivity index (χ4v) is 1.44. The molecule has 1 fully saturated rings. The SMILES string of the molecule is COCC1SC(=O)NC1=O. The van der Waals surface area contributed by atoms with Crippen molar-refractivity contribution in [1.29, 1.82) is 0 Å². The average Bonchev–Trinajstić information content (AvgIpc) is 2.13. The molecule has 1 N–H and O–H groups in total. The van der Waals surface area contributed by atoms with E-state index in [2.05, 4.69) is 5.32 Å². The third kappa shape index (κ3) is 1.48. The second kappa shape index (κ2) is 3.03. The van der Waals surface area contributed by atoms with E-state index in [1.165, 1.54) is 7.11 Å². The summed E-state index contributed by atoms with van der Waals surface area (Å²) in [6, 6.07) is 0. The van der Waals surface area contributed by atoms with Crippen LogP contribution in [0, 0.1) is 0 Å². The lowest BCUT2D eigenvalue weighted by atomic mass is 10.4. The van der Waals surface area contributed by atoms with Gasteiger partial charge in [0.1, 0.15) is 5.25 Å². The second-order valence-corrected chi connectivity index (χ2v) is 3.01. The Morgan fingerprint density at radius 3 is 2.80 bits per heavy atom. The molecule has 0 spiro atoms. The summed E-state index contributed by atoms with van der Waals surface area (Å²) >= 11 is 0.974. The van der Waals surface area contributed by atoms with Crippen LogP contribution in [0.5, 0.6) is 0 Å². The molecule has 1 unspecified atom stereocenters. The number of methoxy groups -OCH3 is 1. The molecule has 0 bridgehead atoms.